The van der Waals surface area contributed by atoms with E-state index in [2.05, 4.69) is 0 Å². The van der Waals surface area contributed by atoms with Gasteiger partial charge in [-0.3, -0.25) is 4.79 Å². The lowest BCUT2D eigenvalue weighted by Gasteiger charge is -2.42. The number of carbonyl (C=O) groups is 1. The van der Waals surface area contributed by atoms with Crippen LogP contribution >= 0.6 is 0 Å². The molecule has 40 heavy (non-hydrogen) atoms. The van der Waals surface area contributed by atoms with Crippen molar-refractivity contribution in [3.05, 3.63) is 100 Å². The summed E-state index contributed by atoms with van der Waals surface area (Å²) in [6.45, 7) is 3.50. The number of pyridine rings is 1. The number of rotatable bonds is 4. The molecule has 6 rings (SSSR count). The van der Waals surface area contributed by atoms with Gasteiger partial charge in [0.2, 0.25) is 5.43 Å². The van der Waals surface area contributed by atoms with Crippen molar-refractivity contribution < 1.29 is 24.1 Å². The first-order valence-electron chi connectivity index (χ1n) is 13.1. The molecule has 1 aliphatic heterocycles. The second kappa shape index (κ2) is 9.54. The zero-order valence-electron chi connectivity index (χ0n) is 22.7. The molecule has 0 saturated heterocycles. The number of esters is 1. The van der Waals surface area contributed by atoms with E-state index in [1.54, 1.807) is 26.0 Å². The maximum Gasteiger partial charge on any atom is 0.331 e. The lowest BCUT2D eigenvalue weighted by molar-refractivity contribution is -0.171. The average Bonchev–Trinajstić information content (AvgIpc) is 2.95. The van der Waals surface area contributed by atoms with Gasteiger partial charge in [-0.05, 0) is 42.3 Å². The number of ether oxygens (including phenoxy) is 3. The molecule has 7 nitrogen and oxygen atoms in total. The third kappa shape index (κ3) is 4.01. The van der Waals surface area contributed by atoms with Crippen LogP contribution in [0.1, 0.15) is 31.1 Å². The minimum absolute atomic E-state index is 0.212. The van der Waals surface area contributed by atoms with Gasteiger partial charge in [-0.1, -0.05) is 60.7 Å². The van der Waals surface area contributed by atoms with Crippen LogP contribution in [0.2, 0.25) is 0 Å². The molecule has 2 unspecified atom stereocenters. The van der Waals surface area contributed by atoms with Crippen molar-refractivity contribution in [1.29, 1.82) is 0 Å². The summed E-state index contributed by atoms with van der Waals surface area (Å²) in [5.41, 5.74) is 1.09. The molecule has 1 aromatic heterocycles. The summed E-state index contributed by atoms with van der Waals surface area (Å²) >= 11 is 0. The van der Waals surface area contributed by atoms with Gasteiger partial charge in [-0.2, -0.15) is 0 Å². The molecule has 5 aromatic rings. The highest BCUT2D eigenvalue weighted by molar-refractivity contribution is 6.11. The molecule has 0 aliphatic carbocycles. The van der Waals surface area contributed by atoms with Crippen LogP contribution in [-0.4, -0.2) is 34.5 Å². The van der Waals surface area contributed by atoms with Crippen molar-refractivity contribution in [3.8, 4) is 11.5 Å². The van der Waals surface area contributed by atoms with Crippen molar-refractivity contribution >= 4 is 44.6 Å². The zero-order chi connectivity index (χ0) is 28.2. The molecular weight excluding hydrogens is 506 g/mol. The Hall–Kier alpha value is -4.62. The first kappa shape index (κ1) is 25.6. The number of aliphatic hydroxyl groups is 1. The van der Waals surface area contributed by atoms with E-state index in [1.165, 1.54) is 13.2 Å². The topological polar surface area (TPSA) is 87.0 Å². The van der Waals surface area contributed by atoms with E-state index in [1.807, 2.05) is 78.3 Å². The molecule has 0 radical (unpaired) electrons. The van der Waals surface area contributed by atoms with E-state index in [9.17, 15) is 14.7 Å². The van der Waals surface area contributed by atoms with Gasteiger partial charge in [0.05, 0.1) is 34.5 Å². The van der Waals surface area contributed by atoms with Crippen molar-refractivity contribution in [2.45, 2.75) is 31.7 Å². The quantitative estimate of drug-likeness (QED) is 0.138. The predicted molar refractivity (Wildman–Crippen MR) is 156 cm³/mol. The Labute approximate surface area is 230 Å². The van der Waals surface area contributed by atoms with E-state index < -0.39 is 23.8 Å². The van der Waals surface area contributed by atoms with Crippen LogP contribution in [0.15, 0.2) is 83.7 Å². The summed E-state index contributed by atoms with van der Waals surface area (Å²) in [7, 11) is 3.34. The number of fused-ring (bicyclic) bond motifs is 6. The standard InChI is InChI=1S/C33H29NO6/c1-33(2)32(39-25(35)17-14-19-10-6-5-7-11-19)31(37)28-24(40-33)18-23(38-4)27-29(28)34(3)22-16-15-20-12-8-9-13-21(20)26(22)30(27)36/h5-18,31-32,37H,1-4H3/b17-14+. The lowest BCUT2D eigenvalue weighted by Crippen LogP contribution is -2.51. The third-order valence-corrected chi connectivity index (χ3v) is 7.64. The number of methoxy groups -OCH3 is 1. The van der Waals surface area contributed by atoms with Crippen molar-refractivity contribution in [2.75, 3.05) is 7.11 Å². The van der Waals surface area contributed by atoms with E-state index in [4.69, 9.17) is 14.2 Å². The molecule has 0 saturated carbocycles. The Morgan fingerprint density at radius 3 is 2.50 bits per heavy atom. The predicted octanol–water partition coefficient (Wildman–Crippen LogP) is 5.68. The van der Waals surface area contributed by atoms with E-state index in [0.29, 0.717) is 38.9 Å². The maximum atomic E-state index is 14.1. The minimum Gasteiger partial charge on any atom is -0.496 e. The number of hydrogen-bond donors (Lipinski definition) is 1. The summed E-state index contributed by atoms with van der Waals surface area (Å²) in [6, 6.07) is 22.6. The SMILES string of the molecule is COc1cc2c(c3c1c(=O)c1c4ccccc4ccc1n3C)C(O)C(OC(=O)/C=C/c1ccccc1)C(C)(C)O2. The number of nitrogens with zero attached hydrogens (tertiary/aromatic N) is 1. The largest absolute Gasteiger partial charge is 0.496 e. The van der Waals surface area contributed by atoms with Crippen LogP contribution in [-0.2, 0) is 16.6 Å². The molecule has 2 heterocycles. The third-order valence-electron chi connectivity index (χ3n) is 7.64. The highest BCUT2D eigenvalue weighted by atomic mass is 16.6. The van der Waals surface area contributed by atoms with E-state index in [0.717, 1.165) is 16.3 Å². The molecule has 1 aliphatic rings. The Balaban J connectivity index is 1.54. The van der Waals surface area contributed by atoms with Gasteiger partial charge < -0.3 is 23.9 Å². The first-order valence-corrected chi connectivity index (χ1v) is 13.1. The highest BCUT2D eigenvalue weighted by Gasteiger charge is 2.47. The van der Waals surface area contributed by atoms with Crippen molar-refractivity contribution in [2.24, 2.45) is 7.05 Å². The van der Waals surface area contributed by atoms with Gasteiger partial charge in [-0.25, -0.2) is 4.79 Å². The number of benzene rings is 4. The van der Waals surface area contributed by atoms with Crippen LogP contribution in [0.4, 0.5) is 0 Å². The molecule has 2 atom stereocenters. The number of aromatic nitrogens is 1. The van der Waals surface area contributed by atoms with Crippen LogP contribution in [0.5, 0.6) is 11.5 Å². The highest BCUT2D eigenvalue weighted by Crippen LogP contribution is 2.47. The molecule has 0 fully saturated rings. The number of aryl methyl sites for hydroxylation is 1. The van der Waals surface area contributed by atoms with Gasteiger partial charge in [0.25, 0.3) is 0 Å². The van der Waals surface area contributed by atoms with Gasteiger partial charge in [0.15, 0.2) is 6.10 Å². The van der Waals surface area contributed by atoms with Gasteiger partial charge >= 0.3 is 5.97 Å². The smallest absolute Gasteiger partial charge is 0.331 e. The molecule has 0 bridgehead atoms. The van der Waals surface area contributed by atoms with E-state index >= 15 is 0 Å². The molecular formula is C33H29NO6. The molecule has 202 valence electrons. The van der Waals surface area contributed by atoms with Gasteiger partial charge in [-0.15, -0.1) is 0 Å². The zero-order valence-corrected chi connectivity index (χ0v) is 22.7. The normalized spacial score (nSPS) is 18.1. The Kier molecular flexibility index (Phi) is 6.11. The Morgan fingerprint density at radius 2 is 1.75 bits per heavy atom. The van der Waals surface area contributed by atoms with E-state index in [-0.39, 0.29) is 5.43 Å². The Morgan fingerprint density at radius 1 is 1.02 bits per heavy atom. The van der Waals surface area contributed by atoms with Crippen molar-refractivity contribution in [3.63, 3.8) is 0 Å². The fraction of sp³-hybridized carbons (Fsp3) is 0.212. The molecule has 0 spiro atoms. The molecule has 4 aromatic carbocycles. The van der Waals surface area contributed by atoms with Gasteiger partial charge in [0.1, 0.15) is 23.2 Å². The molecule has 0 amide bonds. The van der Waals surface area contributed by atoms with Crippen LogP contribution in [0.25, 0.3) is 38.7 Å². The fourth-order valence-electron chi connectivity index (χ4n) is 5.73. The second-order valence-electron chi connectivity index (χ2n) is 10.5. The monoisotopic (exact) mass is 535 g/mol. The maximum absolute atomic E-state index is 14.1. The number of carbonyl (C=O) groups excluding carboxylic acids is 1. The average molecular weight is 536 g/mol. The minimum atomic E-state index is -1.27. The first-order chi connectivity index (χ1) is 19.2. The fourth-order valence-corrected chi connectivity index (χ4v) is 5.73. The summed E-state index contributed by atoms with van der Waals surface area (Å²) in [4.78, 5) is 27.0. The van der Waals surface area contributed by atoms with Gasteiger partial charge in [0, 0.05) is 19.2 Å². The van der Waals surface area contributed by atoms with Crippen LogP contribution in [0.3, 0.4) is 0 Å². The number of aliphatic hydroxyl groups excluding tert-OH is 1. The summed E-state index contributed by atoms with van der Waals surface area (Å²) in [5, 5.41) is 14.4. The summed E-state index contributed by atoms with van der Waals surface area (Å²) in [5.74, 6) is 0.0918. The lowest BCUT2D eigenvalue weighted by atomic mass is 9.86. The number of hydrogen-bond acceptors (Lipinski definition) is 6. The summed E-state index contributed by atoms with van der Waals surface area (Å²) in [6.07, 6.45) is 0.658. The van der Waals surface area contributed by atoms with Crippen LogP contribution < -0.4 is 14.9 Å². The second-order valence-corrected chi connectivity index (χ2v) is 10.5. The Bertz CT molecular complexity index is 1890. The summed E-state index contributed by atoms with van der Waals surface area (Å²) < 4.78 is 19.7. The molecule has 1 N–H and O–H groups in total. The van der Waals surface area contributed by atoms with Crippen LogP contribution in [0, 0.1) is 0 Å². The van der Waals surface area contributed by atoms with Crippen molar-refractivity contribution in [1.82, 2.24) is 4.57 Å². The molecule has 7 heteroatoms.